The van der Waals surface area contributed by atoms with E-state index in [1.54, 1.807) is 31.2 Å². The zero-order valence-electron chi connectivity index (χ0n) is 16.6. The Kier molecular flexibility index (Phi) is 5.98. The molecule has 0 saturated heterocycles. The van der Waals surface area contributed by atoms with Gasteiger partial charge in [0.25, 0.3) is 11.5 Å². The second-order valence-electron chi connectivity index (χ2n) is 6.82. The van der Waals surface area contributed by atoms with Crippen LogP contribution < -0.4 is 10.9 Å². The fraction of sp³-hybridized carbons (Fsp3) is 0.0909. The molecule has 1 N–H and O–H groups in total. The van der Waals surface area contributed by atoms with Gasteiger partial charge in [-0.25, -0.2) is 9.78 Å². The van der Waals surface area contributed by atoms with E-state index in [0.717, 1.165) is 4.57 Å². The average molecular weight is 472 g/mol. The van der Waals surface area contributed by atoms with E-state index in [2.05, 4.69) is 10.3 Å². The highest BCUT2D eigenvalue weighted by molar-refractivity contribution is 6.34. The number of amides is 1. The monoisotopic (exact) mass is 471 g/mol. The van der Waals surface area contributed by atoms with Crippen LogP contribution in [-0.2, 0) is 11.3 Å². The van der Waals surface area contributed by atoms with Gasteiger partial charge in [-0.3, -0.25) is 9.59 Å². The fourth-order valence-corrected chi connectivity index (χ4v) is 3.30. The number of aryl methyl sites for hydroxylation is 1. The van der Waals surface area contributed by atoms with Crippen LogP contribution in [0.15, 0.2) is 63.9 Å². The third kappa shape index (κ3) is 4.66. The van der Waals surface area contributed by atoms with E-state index in [-0.39, 0.29) is 28.6 Å². The van der Waals surface area contributed by atoms with Crippen molar-refractivity contribution in [2.75, 3.05) is 5.32 Å². The zero-order valence-corrected chi connectivity index (χ0v) is 18.1. The fourth-order valence-electron chi connectivity index (χ4n) is 2.94. The Hall–Kier alpha value is -3.62. The summed E-state index contributed by atoms with van der Waals surface area (Å²) < 4.78 is 11.5. The predicted molar refractivity (Wildman–Crippen MR) is 118 cm³/mol. The summed E-state index contributed by atoms with van der Waals surface area (Å²) in [4.78, 5) is 41.3. The van der Waals surface area contributed by atoms with Gasteiger partial charge in [0.05, 0.1) is 22.0 Å². The van der Waals surface area contributed by atoms with Crippen LogP contribution in [0.1, 0.15) is 32.2 Å². The second-order valence-corrected chi connectivity index (χ2v) is 7.66. The van der Waals surface area contributed by atoms with Crippen molar-refractivity contribution in [2.45, 2.75) is 13.5 Å². The number of fused-ring (bicyclic) bond motifs is 1. The Labute approximate surface area is 191 Å². The van der Waals surface area contributed by atoms with E-state index >= 15 is 0 Å². The molecule has 0 atom stereocenters. The molecule has 32 heavy (non-hydrogen) atoms. The average Bonchev–Trinajstić information content (AvgIpc) is 3.14. The summed E-state index contributed by atoms with van der Waals surface area (Å²) in [6.45, 7) is 1.47. The van der Waals surface area contributed by atoms with Gasteiger partial charge in [0.1, 0.15) is 12.4 Å². The van der Waals surface area contributed by atoms with Gasteiger partial charge in [-0.15, -0.1) is 4.57 Å². The molecule has 0 aliphatic rings. The molecule has 2 heterocycles. The first kappa shape index (κ1) is 21.6. The molecular formula is C22H15Cl2N3O5. The lowest BCUT2D eigenvalue weighted by molar-refractivity contribution is 0.0467. The van der Waals surface area contributed by atoms with Crippen molar-refractivity contribution < 1.29 is 18.8 Å². The molecule has 0 fully saturated rings. The van der Waals surface area contributed by atoms with Gasteiger partial charge in [0, 0.05) is 22.7 Å². The number of esters is 1. The number of nitrogens with one attached hydrogen (secondary N) is 1. The summed E-state index contributed by atoms with van der Waals surface area (Å²) in [7, 11) is 0. The molecule has 0 bridgehead atoms. The van der Waals surface area contributed by atoms with Crippen LogP contribution in [-0.4, -0.2) is 21.4 Å². The first-order valence-electron chi connectivity index (χ1n) is 9.33. The highest BCUT2D eigenvalue weighted by Gasteiger charge is 2.15. The number of benzene rings is 2. The van der Waals surface area contributed by atoms with Gasteiger partial charge in [-0.1, -0.05) is 29.3 Å². The lowest BCUT2D eigenvalue weighted by Crippen LogP contribution is -2.15. The Morgan fingerprint density at radius 1 is 1.09 bits per heavy atom. The highest BCUT2D eigenvalue weighted by atomic mass is 35.5. The number of nitrogens with zero attached hydrogens (tertiary/aromatic N) is 2. The van der Waals surface area contributed by atoms with Gasteiger partial charge >= 0.3 is 5.97 Å². The summed E-state index contributed by atoms with van der Waals surface area (Å²) in [6.07, 6.45) is 0. The molecule has 4 aromatic rings. The van der Waals surface area contributed by atoms with E-state index < -0.39 is 17.4 Å². The van der Waals surface area contributed by atoms with Crippen molar-refractivity contribution in [3.8, 4) is 0 Å². The summed E-state index contributed by atoms with van der Waals surface area (Å²) in [5, 5.41) is 3.31. The van der Waals surface area contributed by atoms with Gasteiger partial charge < -0.3 is 14.6 Å². The summed E-state index contributed by atoms with van der Waals surface area (Å²) >= 11 is 12.1. The molecule has 0 aliphatic heterocycles. The third-order valence-corrected chi connectivity index (χ3v) is 4.98. The molecule has 0 saturated carbocycles. The Balaban J connectivity index is 1.48. The van der Waals surface area contributed by atoms with Crippen LogP contribution >= 0.6 is 23.2 Å². The van der Waals surface area contributed by atoms with Crippen LogP contribution in [0.4, 0.5) is 5.69 Å². The molecule has 1 amide bonds. The van der Waals surface area contributed by atoms with Crippen molar-refractivity contribution in [3.63, 3.8) is 0 Å². The van der Waals surface area contributed by atoms with E-state index in [0.29, 0.717) is 22.0 Å². The molecule has 2 aromatic carbocycles. The van der Waals surface area contributed by atoms with Crippen LogP contribution in [0.2, 0.25) is 10.0 Å². The van der Waals surface area contributed by atoms with Crippen LogP contribution in [0.25, 0.3) is 5.65 Å². The number of aromatic nitrogens is 2. The lowest BCUT2D eigenvalue weighted by Gasteiger charge is -2.10. The minimum atomic E-state index is -0.676. The lowest BCUT2D eigenvalue weighted by atomic mass is 10.1. The summed E-state index contributed by atoms with van der Waals surface area (Å²) in [6, 6.07) is 13.6. The maximum absolute atomic E-state index is 12.5. The topological polar surface area (TPSA) is 103 Å². The van der Waals surface area contributed by atoms with Crippen molar-refractivity contribution in [1.29, 1.82) is 0 Å². The van der Waals surface area contributed by atoms with Crippen LogP contribution in [0, 0.1) is 6.92 Å². The standard InChI is InChI=1S/C22H15Cl2N3O5/c1-12-7-19-25-16(10-20(28)27(19)32-12)11-31-22(30)14-5-6-17(24)18(9-14)26-21(29)13-3-2-4-15(23)8-13/h2-10H,11H2,1H3,(H,26,29). The largest absolute Gasteiger partial charge is 0.456 e. The molecule has 8 nitrogen and oxygen atoms in total. The normalized spacial score (nSPS) is 10.8. The molecule has 0 spiro atoms. The van der Waals surface area contributed by atoms with Crippen LogP contribution in [0.3, 0.4) is 0 Å². The molecule has 4 rings (SSSR count). The van der Waals surface area contributed by atoms with Crippen molar-refractivity contribution in [2.24, 2.45) is 0 Å². The molecule has 162 valence electrons. The SMILES string of the molecule is Cc1cc2nc(COC(=O)c3ccc(Cl)c(NC(=O)c4cccc(Cl)c4)c3)cc(=O)n2o1. The van der Waals surface area contributed by atoms with Crippen LogP contribution in [0.5, 0.6) is 0 Å². The Bertz CT molecular complexity index is 1410. The van der Waals surface area contributed by atoms with Gasteiger partial charge in [-0.05, 0) is 43.3 Å². The van der Waals surface area contributed by atoms with E-state index in [1.807, 2.05) is 0 Å². The Morgan fingerprint density at radius 2 is 1.91 bits per heavy atom. The molecule has 10 heteroatoms. The molecule has 0 unspecified atom stereocenters. The summed E-state index contributed by atoms with van der Waals surface area (Å²) in [5.74, 6) is -0.587. The maximum Gasteiger partial charge on any atom is 0.338 e. The van der Waals surface area contributed by atoms with Crippen molar-refractivity contribution in [3.05, 3.63) is 97.6 Å². The number of rotatable bonds is 5. The Morgan fingerprint density at radius 3 is 2.69 bits per heavy atom. The van der Waals surface area contributed by atoms with E-state index in [4.69, 9.17) is 32.5 Å². The van der Waals surface area contributed by atoms with Crippen molar-refractivity contribution >= 4 is 46.4 Å². The molecule has 2 aromatic heterocycles. The first-order chi connectivity index (χ1) is 15.3. The number of halogens is 2. The predicted octanol–water partition coefficient (Wildman–Crippen LogP) is 4.51. The van der Waals surface area contributed by atoms with Gasteiger partial charge in [0.2, 0.25) is 0 Å². The summed E-state index contributed by atoms with van der Waals surface area (Å²) in [5.41, 5.74) is 0.895. The van der Waals surface area contributed by atoms with Crippen molar-refractivity contribution in [1.82, 2.24) is 9.56 Å². The minimum Gasteiger partial charge on any atom is -0.456 e. The minimum absolute atomic E-state index is 0.160. The van der Waals surface area contributed by atoms with Gasteiger partial charge in [-0.2, -0.15) is 0 Å². The highest BCUT2D eigenvalue weighted by Crippen LogP contribution is 2.25. The number of anilines is 1. The number of carbonyl (C=O) groups is 2. The number of hydrogen-bond acceptors (Lipinski definition) is 6. The quantitative estimate of drug-likeness (QED) is 0.429. The second kappa shape index (κ2) is 8.86. The smallest absolute Gasteiger partial charge is 0.338 e. The third-order valence-electron chi connectivity index (χ3n) is 4.41. The zero-order chi connectivity index (χ0) is 22.8. The van der Waals surface area contributed by atoms with E-state index in [9.17, 15) is 14.4 Å². The number of carbonyl (C=O) groups excluding carboxylic acids is 2. The van der Waals surface area contributed by atoms with Gasteiger partial charge in [0.15, 0.2) is 5.65 Å². The maximum atomic E-state index is 12.5. The van der Waals surface area contributed by atoms with E-state index in [1.165, 1.54) is 30.3 Å². The first-order valence-corrected chi connectivity index (χ1v) is 10.1. The number of hydrogen-bond donors (Lipinski definition) is 1. The molecule has 0 radical (unpaired) electrons. The molecular weight excluding hydrogens is 457 g/mol. The number of ether oxygens (including phenoxy) is 1. The molecule has 0 aliphatic carbocycles.